The zero-order valence-corrected chi connectivity index (χ0v) is 14.2. The number of carbonyl (C=O) groups is 2. The Balaban J connectivity index is 1.82. The van der Waals surface area contributed by atoms with Crippen LogP contribution in [-0.2, 0) is 14.3 Å². The van der Waals surface area contributed by atoms with E-state index in [-0.39, 0.29) is 11.3 Å². The lowest BCUT2D eigenvalue weighted by atomic mass is 9.98. The summed E-state index contributed by atoms with van der Waals surface area (Å²) in [5, 5.41) is 0. The molecule has 1 atom stereocenters. The van der Waals surface area contributed by atoms with Crippen molar-refractivity contribution < 1.29 is 19.1 Å². The summed E-state index contributed by atoms with van der Waals surface area (Å²) in [5.41, 5.74) is 1.49. The Hall–Kier alpha value is -3.73. The molecule has 0 saturated carbocycles. The van der Waals surface area contributed by atoms with Gasteiger partial charge in [-0.05, 0) is 12.1 Å². The second-order valence-electron chi connectivity index (χ2n) is 5.91. The van der Waals surface area contributed by atoms with Gasteiger partial charge < -0.3 is 9.47 Å². The molecule has 5 heteroatoms. The summed E-state index contributed by atoms with van der Waals surface area (Å²) in [4.78, 5) is 29.8. The molecule has 5 nitrogen and oxygen atoms in total. The van der Waals surface area contributed by atoms with Crippen molar-refractivity contribution in [3.05, 3.63) is 107 Å². The predicted octanol–water partition coefficient (Wildman–Crippen LogP) is 3.95. The second-order valence-corrected chi connectivity index (χ2v) is 5.91. The van der Waals surface area contributed by atoms with Crippen LogP contribution in [0.5, 0.6) is 0 Å². The number of esters is 1. The maximum absolute atomic E-state index is 13.0. The average Bonchev–Trinajstić information content (AvgIpc) is 2.74. The monoisotopic (exact) mass is 357 g/mol. The third-order valence-corrected chi connectivity index (χ3v) is 4.13. The van der Waals surface area contributed by atoms with E-state index in [0.29, 0.717) is 16.7 Å². The summed E-state index contributed by atoms with van der Waals surface area (Å²) in [5.74, 6) is -0.957. The molecule has 0 amide bonds. The number of carbonyl (C=O) groups excluding carboxylic acids is 2. The quantitative estimate of drug-likeness (QED) is 0.402. The van der Waals surface area contributed by atoms with Crippen LogP contribution in [0, 0.1) is 0 Å². The van der Waals surface area contributed by atoms with Gasteiger partial charge in [0.2, 0.25) is 5.78 Å². The molecule has 1 aliphatic rings. The molecule has 0 N–H and O–H groups in total. The van der Waals surface area contributed by atoms with Crippen LogP contribution in [0.1, 0.15) is 27.8 Å². The highest BCUT2D eigenvalue weighted by atomic mass is 16.7. The molecule has 0 spiro atoms. The van der Waals surface area contributed by atoms with Gasteiger partial charge in [-0.3, -0.25) is 9.78 Å². The number of ether oxygens (including phenoxy) is 2. The van der Waals surface area contributed by atoms with Crippen molar-refractivity contribution in [1.29, 1.82) is 0 Å². The molecular formula is C22H15NO4. The number of nitrogens with zero attached hydrogens (tertiary/aromatic N) is 1. The van der Waals surface area contributed by atoms with Crippen LogP contribution in [0.3, 0.4) is 0 Å². The van der Waals surface area contributed by atoms with Crippen molar-refractivity contribution in [2.24, 2.45) is 0 Å². The van der Waals surface area contributed by atoms with Crippen LogP contribution in [-0.4, -0.2) is 16.7 Å². The minimum absolute atomic E-state index is 0.118. The SMILES string of the molecule is O=C1O[C@H](c2cccnc2)OC(c2ccccc2)=C1C(=O)c1ccccc1. The van der Waals surface area contributed by atoms with Crippen LogP contribution in [0.2, 0.25) is 0 Å². The Morgan fingerprint density at radius 1 is 0.852 bits per heavy atom. The number of ketones is 1. The lowest BCUT2D eigenvalue weighted by molar-refractivity contribution is -0.168. The fourth-order valence-electron chi connectivity index (χ4n) is 2.82. The first kappa shape index (κ1) is 16.7. The molecule has 1 aromatic heterocycles. The zero-order chi connectivity index (χ0) is 18.6. The first-order valence-electron chi connectivity index (χ1n) is 8.41. The van der Waals surface area contributed by atoms with Gasteiger partial charge in [-0.2, -0.15) is 0 Å². The highest BCUT2D eigenvalue weighted by Gasteiger charge is 2.36. The van der Waals surface area contributed by atoms with E-state index in [9.17, 15) is 9.59 Å². The zero-order valence-electron chi connectivity index (χ0n) is 14.2. The minimum atomic E-state index is -0.964. The predicted molar refractivity (Wildman–Crippen MR) is 98.3 cm³/mol. The summed E-state index contributed by atoms with van der Waals surface area (Å²) in [6, 6.07) is 21.1. The van der Waals surface area contributed by atoms with E-state index < -0.39 is 18.0 Å². The standard InChI is InChI=1S/C22H15NO4/c24-19(15-8-3-1-4-9-15)18-20(16-10-5-2-6-11-16)26-22(27-21(18)25)17-12-7-13-23-14-17/h1-14,22H/t22-/m1/s1. The summed E-state index contributed by atoms with van der Waals surface area (Å²) in [7, 11) is 0. The van der Waals surface area contributed by atoms with Crippen molar-refractivity contribution in [1.82, 2.24) is 4.98 Å². The van der Waals surface area contributed by atoms with Gasteiger partial charge in [0.25, 0.3) is 6.29 Å². The molecule has 3 aromatic rings. The molecule has 0 radical (unpaired) electrons. The average molecular weight is 357 g/mol. The number of rotatable bonds is 4. The van der Waals surface area contributed by atoms with Crippen molar-refractivity contribution >= 4 is 17.5 Å². The maximum atomic E-state index is 13.0. The first-order chi connectivity index (χ1) is 13.2. The molecule has 132 valence electrons. The van der Waals surface area contributed by atoms with Gasteiger partial charge >= 0.3 is 5.97 Å². The highest BCUT2D eigenvalue weighted by Crippen LogP contribution is 2.35. The van der Waals surface area contributed by atoms with Crippen LogP contribution in [0.25, 0.3) is 5.76 Å². The van der Waals surface area contributed by atoms with Crippen molar-refractivity contribution in [2.75, 3.05) is 0 Å². The van der Waals surface area contributed by atoms with Crippen molar-refractivity contribution in [2.45, 2.75) is 6.29 Å². The molecule has 0 aliphatic carbocycles. The third-order valence-electron chi connectivity index (χ3n) is 4.13. The van der Waals surface area contributed by atoms with E-state index >= 15 is 0 Å². The third kappa shape index (κ3) is 3.35. The Morgan fingerprint density at radius 3 is 2.22 bits per heavy atom. The Kier molecular flexibility index (Phi) is 4.49. The number of cyclic esters (lactones) is 1. The molecule has 1 aliphatic heterocycles. The number of hydrogen-bond donors (Lipinski definition) is 0. The van der Waals surface area contributed by atoms with E-state index in [2.05, 4.69) is 4.98 Å². The summed E-state index contributed by atoms with van der Waals surface area (Å²) in [6.45, 7) is 0. The Morgan fingerprint density at radius 2 is 1.56 bits per heavy atom. The topological polar surface area (TPSA) is 65.5 Å². The summed E-state index contributed by atoms with van der Waals surface area (Å²) < 4.78 is 11.4. The molecule has 0 saturated heterocycles. The van der Waals surface area contributed by atoms with Gasteiger partial charge in [-0.15, -0.1) is 0 Å². The van der Waals surface area contributed by atoms with Crippen molar-refractivity contribution in [3.8, 4) is 0 Å². The normalized spacial score (nSPS) is 16.4. The highest BCUT2D eigenvalue weighted by molar-refractivity contribution is 6.28. The van der Waals surface area contributed by atoms with Crippen LogP contribution < -0.4 is 0 Å². The molecule has 0 bridgehead atoms. The second kappa shape index (κ2) is 7.25. The van der Waals surface area contributed by atoms with E-state index in [1.807, 2.05) is 18.2 Å². The summed E-state index contributed by atoms with van der Waals surface area (Å²) in [6.07, 6.45) is 2.21. The minimum Gasteiger partial charge on any atom is -0.449 e. The number of hydrogen-bond acceptors (Lipinski definition) is 5. The van der Waals surface area contributed by atoms with E-state index in [1.54, 1.807) is 67.0 Å². The van der Waals surface area contributed by atoms with E-state index in [0.717, 1.165) is 0 Å². The smallest absolute Gasteiger partial charge is 0.349 e. The maximum Gasteiger partial charge on any atom is 0.349 e. The summed E-state index contributed by atoms with van der Waals surface area (Å²) >= 11 is 0. The molecule has 4 rings (SSSR count). The van der Waals surface area contributed by atoms with Gasteiger partial charge in [0.1, 0.15) is 5.76 Å². The molecule has 2 heterocycles. The fraction of sp³-hybridized carbons (Fsp3) is 0.0455. The number of benzene rings is 2. The van der Waals surface area contributed by atoms with Gasteiger partial charge in [-0.25, -0.2) is 4.79 Å². The van der Waals surface area contributed by atoms with Crippen LogP contribution >= 0.6 is 0 Å². The molecular weight excluding hydrogens is 342 g/mol. The fourth-order valence-corrected chi connectivity index (χ4v) is 2.82. The number of aromatic nitrogens is 1. The number of pyridine rings is 1. The van der Waals surface area contributed by atoms with E-state index in [4.69, 9.17) is 9.47 Å². The van der Waals surface area contributed by atoms with Gasteiger partial charge in [0, 0.05) is 23.5 Å². The van der Waals surface area contributed by atoms with Gasteiger partial charge in [0.05, 0.1) is 5.56 Å². The Labute approximate surface area is 155 Å². The Bertz CT molecular complexity index is 998. The van der Waals surface area contributed by atoms with Crippen LogP contribution in [0.4, 0.5) is 0 Å². The first-order valence-corrected chi connectivity index (χ1v) is 8.41. The van der Waals surface area contributed by atoms with Crippen LogP contribution in [0.15, 0.2) is 90.8 Å². The van der Waals surface area contributed by atoms with Gasteiger partial charge in [-0.1, -0.05) is 60.7 Å². The molecule has 2 aromatic carbocycles. The lowest BCUT2D eigenvalue weighted by Gasteiger charge is -2.27. The lowest BCUT2D eigenvalue weighted by Crippen LogP contribution is -2.27. The van der Waals surface area contributed by atoms with E-state index in [1.165, 1.54) is 0 Å². The number of Topliss-reactive ketones (excluding diaryl/α,β-unsaturated/α-hetero) is 1. The molecule has 0 unspecified atom stereocenters. The largest absolute Gasteiger partial charge is 0.449 e. The molecule has 27 heavy (non-hydrogen) atoms. The van der Waals surface area contributed by atoms with Crippen molar-refractivity contribution in [3.63, 3.8) is 0 Å². The molecule has 0 fully saturated rings. The van der Waals surface area contributed by atoms with Gasteiger partial charge in [0.15, 0.2) is 5.57 Å².